The molecule has 204 valence electrons. The molecular weight excluding hydrogens is 474 g/mol. The van der Waals surface area contributed by atoms with E-state index in [0.29, 0.717) is 6.42 Å². The van der Waals surface area contributed by atoms with E-state index >= 15 is 0 Å². The van der Waals surface area contributed by atoms with E-state index in [4.69, 9.17) is 5.73 Å². The minimum absolute atomic E-state index is 0.0365. The third kappa shape index (κ3) is 8.31. The number of benzene rings is 1. The van der Waals surface area contributed by atoms with E-state index in [1.165, 1.54) is 0 Å². The van der Waals surface area contributed by atoms with Crippen LogP contribution in [0.2, 0.25) is 0 Å². The molecule has 7 N–H and O–H groups in total. The van der Waals surface area contributed by atoms with Crippen molar-refractivity contribution in [3.63, 3.8) is 0 Å². The smallest absolute Gasteiger partial charge is 0.326 e. The summed E-state index contributed by atoms with van der Waals surface area (Å²) in [6.07, 6.45) is 2.26. The second kappa shape index (κ2) is 13.2. The second-order valence-electron chi connectivity index (χ2n) is 10.7. The Labute approximate surface area is 218 Å². The third-order valence-electron chi connectivity index (χ3n) is 6.32. The number of hydrogen-bond donors (Lipinski definition) is 6. The van der Waals surface area contributed by atoms with Gasteiger partial charge in [-0.15, -0.1) is 0 Å². The number of H-pyrrole nitrogens is 1. The summed E-state index contributed by atoms with van der Waals surface area (Å²) >= 11 is 0. The monoisotopic (exact) mass is 515 g/mol. The van der Waals surface area contributed by atoms with Crippen LogP contribution >= 0.6 is 0 Å². The fourth-order valence-electron chi connectivity index (χ4n) is 4.04. The zero-order chi connectivity index (χ0) is 27.9. The van der Waals surface area contributed by atoms with Gasteiger partial charge in [-0.25, -0.2) is 4.79 Å². The van der Waals surface area contributed by atoms with Crippen LogP contribution in [0.5, 0.6) is 0 Å². The van der Waals surface area contributed by atoms with Gasteiger partial charge < -0.3 is 31.8 Å². The van der Waals surface area contributed by atoms with Crippen molar-refractivity contribution in [3.8, 4) is 0 Å². The lowest BCUT2D eigenvalue weighted by atomic mass is 9.98. The number of amides is 3. The maximum atomic E-state index is 13.5. The molecule has 3 amide bonds. The van der Waals surface area contributed by atoms with Crippen molar-refractivity contribution in [2.75, 3.05) is 0 Å². The van der Waals surface area contributed by atoms with E-state index in [9.17, 15) is 24.3 Å². The van der Waals surface area contributed by atoms with Crippen LogP contribution in [0, 0.1) is 17.8 Å². The molecule has 0 bridgehead atoms. The molecule has 0 aliphatic heterocycles. The predicted octanol–water partition coefficient (Wildman–Crippen LogP) is 1.93. The first-order valence-corrected chi connectivity index (χ1v) is 12.8. The highest BCUT2D eigenvalue weighted by Gasteiger charge is 2.32. The van der Waals surface area contributed by atoms with Gasteiger partial charge in [0.1, 0.15) is 18.1 Å². The summed E-state index contributed by atoms with van der Waals surface area (Å²) in [6, 6.07) is 3.74. The molecule has 4 atom stereocenters. The van der Waals surface area contributed by atoms with Crippen molar-refractivity contribution < 1.29 is 24.3 Å². The Hall–Kier alpha value is -3.40. The number of aliphatic carboxylic acids is 1. The number of fused-ring (bicyclic) bond motifs is 1. The van der Waals surface area contributed by atoms with Crippen molar-refractivity contribution in [2.45, 2.75) is 78.6 Å². The molecule has 2 aromatic rings. The van der Waals surface area contributed by atoms with E-state index in [1.54, 1.807) is 20.0 Å². The number of carboxylic acid groups (broad SMARTS) is 1. The van der Waals surface area contributed by atoms with Crippen LogP contribution < -0.4 is 21.7 Å². The van der Waals surface area contributed by atoms with E-state index < -0.39 is 47.9 Å². The Morgan fingerprint density at radius 1 is 0.865 bits per heavy atom. The number of rotatable bonds is 13. The number of carboxylic acids is 1. The van der Waals surface area contributed by atoms with Gasteiger partial charge >= 0.3 is 5.97 Å². The van der Waals surface area contributed by atoms with Crippen LogP contribution in [0.1, 0.15) is 53.5 Å². The average molecular weight is 516 g/mol. The number of carbonyl (C=O) groups is 4. The van der Waals surface area contributed by atoms with Gasteiger partial charge in [-0.1, -0.05) is 59.7 Å². The molecule has 37 heavy (non-hydrogen) atoms. The first-order valence-electron chi connectivity index (χ1n) is 12.8. The standard InChI is InChI=1S/C27H41N5O5/c1-14(2)11-20(25(34)32-23(16(5)6)27(36)37)30-24(33)21(31-26(35)22(28)15(3)4)12-17-13-29-19-10-8-7-9-18(17)19/h7-10,13-16,20-23,29H,11-12,28H2,1-6H3,(H,30,33)(H,31,35)(H,32,34)(H,36,37). The molecule has 0 saturated heterocycles. The summed E-state index contributed by atoms with van der Waals surface area (Å²) in [5.74, 6) is -3.19. The quantitative estimate of drug-likeness (QED) is 0.238. The SMILES string of the molecule is CC(C)CC(NC(=O)C(Cc1c[nH]c2ccccc12)NC(=O)C(N)C(C)C)C(=O)NC(C(=O)O)C(C)C. The maximum Gasteiger partial charge on any atom is 0.326 e. The Morgan fingerprint density at radius 2 is 1.46 bits per heavy atom. The number of hydrogen-bond acceptors (Lipinski definition) is 5. The summed E-state index contributed by atoms with van der Waals surface area (Å²) in [5.41, 5.74) is 7.75. The highest BCUT2D eigenvalue weighted by molar-refractivity contribution is 5.95. The van der Waals surface area contributed by atoms with Crippen molar-refractivity contribution in [3.05, 3.63) is 36.0 Å². The van der Waals surface area contributed by atoms with Crippen LogP contribution in [-0.2, 0) is 25.6 Å². The lowest BCUT2D eigenvalue weighted by molar-refractivity contribution is -0.143. The number of aromatic nitrogens is 1. The van der Waals surface area contributed by atoms with E-state index in [-0.39, 0.29) is 24.2 Å². The molecule has 1 heterocycles. The minimum atomic E-state index is -1.15. The highest BCUT2D eigenvalue weighted by atomic mass is 16.4. The molecule has 0 aliphatic carbocycles. The molecule has 0 saturated carbocycles. The van der Waals surface area contributed by atoms with Crippen LogP contribution in [0.15, 0.2) is 30.5 Å². The summed E-state index contributed by atoms with van der Waals surface area (Å²) in [7, 11) is 0. The van der Waals surface area contributed by atoms with Gasteiger partial charge in [0.05, 0.1) is 6.04 Å². The van der Waals surface area contributed by atoms with Gasteiger partial charge in [0.2, 0.25) is 17.7 Å². The lowest BCUT2D eigenvalue weighted by Gasteiger charge is -2.27. The molecule has 2 rings (SSSR count). The molecule has 0 spiro atoms. The van der Waals surface area contributed by atoms with Crippen LogP contribution in [0.4, 0.5) is 0 Å². The van der Waals surface area contributed by atoms with Gasteiger partial charge in [-0.05, 0) is 35.8 Å². The fourth-order valence-corrected chi connectivity index (χ4v) is 4.04. The van der Waals surface area contributed by atoms with Crippen molar-refractivity contribution in [2.24, 2.45) is 23.5 Å². The summed E-state index contributed by atoms with van der Waals surface area (Å²) < 4.78 is 0. The number of para-hydroxylation sites is 1. The molecule has 1 aromatic carbocycles. The van der Waals surface area contributed by atoms with Gasteiger partial charge in [0.25, 0.3) is 0 Å². The summed E-state index contributed by atoms with van der Waals surface area (Å²) in [6.45, 7) is 10.8. The number of nitrogens with one attached hydrogen (secondary N) is 4. The molecule has 0 radical (unpaired) electrons. The van der Waals surface area contributed by atoms with E-state index in [0.717, 1.165) is 16.5 Å². The molecule has 10 heteroatoms. The third-order valence-corrected chi connectivity index (χ3v) is 6.32. The normalized spacial score (nSPS) is 14.9. The largest absolute Gasteiger partial charge is 0.480 e. The average Bonchev–Trinajstić information content (AvgIpc) is 3.22. The van der Waals surface area contributed by atoms with Crippen molar-refractivity contribution >= 4 is 34.6 Å². The molecular formula is C27H41N5O5. The van der Waals surface area contributed by atoms with Crippen molar-refractivity contribution in [1.82, 2.24) is 20.9 Å². The minimum Gasteiger partial charge on any atom is -0.480 e. The molecule has 0 fully saturated rings. The van der Waals surface area contributed by atoms with Gasteiger partial charge in [-0.3, -0.25) is 14.4 Å². The fraction of sp³-hybridized carbons (Fsp3) is 0.556. The lowest BCUT2D eigenvalue weighted by Crippen LogP contribution is -2.58. The molecule has 1 aromatic heterocycles. The zero-order valence-corrected chi connectivity index (χ0v) is 22.5. The van der Waals surface area contributed by atoms with Crippen LogP contribution in [0.25, 0.3) is 10.9 Å². The predicted molar refractivity (Wildman–Crippen MR) is 143 cm³/mol. The first kappa shape index (κ1) is 29.8. The van der Waals surface area contributed by atoms with Gasteiger partial charge in [-0.2, -0.15) is 0 Å². The first-order chi connectivity index (χ1) is 17.3. The van der Waals surface area contributed by atoms with Crippen LogP contribution in [0.3, 0.4) is 0 Å². The zero-order valence-electron chi connectivity index (χ0n) is 22.5. The number of carbonyl (C=O) groups excluding carboxylic acids is 3. The second-order valence-corrected chi connectivity index (χ2v) is 10.7. The van der Waals surface area contributed by atoms with Crippen molar-refractivity contribution in [1.29, 1.82) is 0 Å². The summed E-state index contributed by atoms with van der Waals surface area (Å²) in [5, 5.41) is 18.5. The van der Waals surface area contributed by atoms with E-state index in [2.05, 4.69) is 20.9 Å². The number of nitrogens with two attached hydrogens (primary N) is 1. The van der Waals surface area contributed by atoms with Gasteiger partial charge in [0.15, 0.2) is 0 Å². The van der Waals surface area contributed by atoms with E-state index in [1.807, 2.05) is 52.0 Å². The topological polar surface area (TPSA) is 166 Å². The highest BCUT2D eigenvalue weighted by Crippen LogP contribution is 2.19. The van der Waals surface area contributed by atoms with Crippen LogP contribution in [-0.4, -0.2) is 57.9 Å². The summed E-state index contributed by atoms with van der Waals surface area (Å²) in [4.78, 5) is 54.2. The Bertz CT molecular complexity index is 1090. The molecule has 0 aliphatic rings. The Morgan fingerprint density at radius 3 is 2.03 bits per heavy atom. The maximum absolute atomic E-state index is 13.5. The Kier molecular flexibility index (Phi) is 10.7. The number of aromatic amines is 1. The Balaban J connectivity index is 2.31. The van der Waals surface area contributed by atoms with Gasteiger partial charge in [0, 0.05) is 23.5 Å². The molecule has 4 unspecified atom stereocenters. The molecule has 10 nitrogen and oxygen atoms in total.